The fourth-order valence-electron chi connectivity index (χ4n) is 2.70. The highest BCUT2D eigenvalue weighted by molar-refractivity contribution is 7.92. The predicted octanol–water partition coefficient (Wildman–Crippen LogP) is 4.48. The maximum Gasteiger partial charge on any atom is 0.262 e. The van der Waals surface area contributed by atoms with Gasteiger partial charge in [-0.15, -0.1) is 0 Å². The molecule has 0 aliphatic carbocycles. The Bertz CT molecular complexity index is 1160. The van der Waals surface area contributed by atoms with Crippen molar-refractivity contribution in [3.05, 3.63) is 77.9 Å². The van der Waals surface area contributed by atoms with E-state index in [2.05, 4.69) is 10.0 Å². The van der Waals surface area contributed by atoms with Gasteiger partial charge in [0, 0.05) is 5.69 Å². The quantitative estimate of drug-likeness (QED) is 0.538. The standard InChI is InChI=1S/C23H24N2O5S/c1-16-4-8-20(9-5-16)30-21-12-10-19(11-13-21)29-15-23(26)24-18-7-6-17(2)22(14-18)25-31(3,27)28/h4-14,25H,15H2,1-3H3,(H,24,26). The predicted molar refractivity (Wildman–Crippen MR) is 121 cm³/mol. The van der Waals surface area contributed by atoms with Crippen LogP contribution in [-0.4, -0.2) is 27.2 Å². The summed E-state index contributed by atoms with van der Waals surface area (Å²) in [5.41, 5.74) is 2.77. The van der Waals surface area contributed by atoms with Crippen LogP contribution in [0.25, 0.3) is 0 Å². The third-order valence-electron chi connectivity index (χ3n) is 4.27. The molecule has 31 heavy (non-hydrogen) atoms. The fourth-order valence-corrected chi connectivity index (χ4v) is 3.32. The molecule has 7 nitrogen and oxygen atoms in total. The summed E-state index contributed by atoms with van der Waals surface area (Å²) in [5.74, 6) is 1.55. The number of carbonyl (C=O) groups is 1. The van der Waals surface area contributed by atoms with Crippen LogP contribution in [0.4, 0.5) is 11.4 Å². The van der Waals surface area contributed by atoms with E-state index < -0.39 is 10.0 Å². The van der Waals surface area contributed by atoms with E-state index in [1.807, 2.05) is 31.2 Å². The number of amides is 1. The van der Waals surface area contributed by atoms with Crippen LogP contribution >= 0.6 is 0 Å². The molecule has 0 fully saturated rings. The minimum atomic E-state index is -3.41. The molecule has 0 aliphatic rings. The summed E-state index contributed by atoms with van der Waals surface area (Å²) in [6.07, 6.45) is 1.07. The van der Waals surface area contributed by atoms with E-state index in [4.69, 9.17) is 9.47 Å². The zero-order valence-corrected chi connectivity index (χ0v) is 18.3. The lowest BCUT2D eigenvalue weighted by Crippen LogP contribution is -2.20. The fraction of sp³-hybridized carbons (Fsp3) is 0.174. The van der Waals surface area contributed by atoms with Gasteiger partial charge in [0.15, 0.2) is 6.61 Å². The number of hydrogen-bond donors (Lipinski definition) is 2. The average Bonchev–Trinajstić information content (AvgIpc) is 2.71. The number of aryl methyl sites for hydroxylation is 2. The molecule has 3 aromatic carbocycles. The molecular formula is C23H24N2O5S. The summed E-state index contributed by atoms with van der Waals surface area (Å²) >= 11 is 0. The van der Waals surface area contributed by atoms with Crippen molar-refractivity contribution in [2.24, 2.45) is 0 Å². The Morgan fingerprint density at radius 3 is 2.06 bits per heavy atom. The van der Waals surface area contributed by atoms with Crippen LogP contribution in [0.1, 0.15) is 11.1 Å². The van der Waals surface area contributed by atoms with Crippen LogP contribution in [0.15, 0.2) is 66.7 Å². The third kappa shape index (κ3) is 7.04. The minimum absolute atomic E-state index is 0.194. The SMILES string of the molecule is Cc1ccc(Oc2ccc(OCC(=O)Nc3ccc(C)c(NS(C)(=O)=O)c3)cc2)cc1. The second-order valence-corrected chi connectivity index (χ2v) is 8.88. The second kappa shape index (κ2) is 9.53. The molecule has 0 aromatic heterocycles. The Labute approximate surface area is 182 Å². The van der Waals surface area contributed by atoms with Gasteiger partial charge in [-0.05, 0) is 67.9 Å². The maximum atomic E-state index is 12.2. The van der Waals surface area contributed by atoms with Crippen molar-refractivity contribution in [3.8, 4) is 17.2 Å². The van der Waals surface area contributed by atoms with Crippen molar-refractivity contribution >= 4 is 27.3 Å². The number of nitrogens with one attached hydrogen (secondary N) is 2. The van der Waals surface area contributed by atoms with Crippen molar-refractivity contribution in [1.82, 2.24) is 0 Å². The Hall–Kier alpha value is -3.52. The highest BCUT2D eigenvalue weighted by Gasteiger charge is 2.09. The molecule has 0 aliphatic heterocycles. The van der Waals surface area contributed by atoms with E-state index in [1.54, 1.807) is 49.4 Å². The number of anilines is 2. The smallest absolute Gasteiger partial charge is 0.262 e. The Balaban J connectivity index is 1.53. The van der Waals surface area contributed by atoms with Gasteiger partial charge in [0.2, 0.25) is 10.0 Å². The highest BCUT2D eigenvalue weighted by Crippen LogP contribution is 2.24. The van der Waals surface area contributed by atoms with Crippen LogP contribution in [0.2, 0.25) is 0 Å². The first-order valence-corrected chi connectivity index (χ1v) is 11.4. The molecule has 2 N–H and O–H groups in total. The summed E-state index contributed by atoms with van der Waals surface area (Å²) in [6.45, 7) is 3.59. The van der Waals surface area contributed by atoms with Crippen LogP contribution < -0.4 is 19.5 Å². The first kappa shape index (κ1) is 22.2. The number of carbonyl (C=O) groups excluding carboxylic acids is 1. The van der Waals surface area contributed by atoms with E-state index in [1.165, 1.54) is 0 Å². The van der Waals surface area contributed by atoms with Gasteiger partial charge in [-0.25, -0.2) is 8.42 Å². The van der Waals surface area contributed by atoms with Crippen molar-refractivity contribution in [3.63, 3.8) is 0 Å². The van der Waals surface area contributed by atoms with Crippen LogP contribution in [0.5, 0.6) is 17.2 Å². The number of hydrogen-bond acceptors (Lipinski definition) is 5. The van der Waals surface area contributed by atoms with Gasteiger partial charge >= 0.3 is 0 Å². The van der Waals surface area contributed by atoms with Gasteiger partial charge in [-0.2, -0.15) is 0 Å². The molecule has 0 atom stereocenters. The van der Waals surface area contributed by atoms with Crippen LogP contribution in [0.3, 0.4) is 0 Å². The summed E-state index contributed by atoms with van der Waals surface area (Å²) in [7, 11) is -3.41. The average molecular weight is 441 g/mol. The highest BCUT2D eigenvalue weighted by atomic mass is 32.2. The van der Waals surface area contributed by atoms with Crippen LogP contribution in [0, 0.1) is 13.8 Å². The lowest BCUT2D eigenvalue weighted by molar-refractivity contribution is -0.118. The largest absolute Gasteiger partial charge is 0.484 e. The molecule has 162 valence electrons. The third-order valence-corrected chi connectivity index (χ3v) is 4.86. The topological polar surface area (TPSA) is 93.7 Å². The van der Waals surface area contributed by atoms with E-state index in [0.29, 0.717) is 22.9 Å². The monoisotopic (exact) mass is 440 g/mol. The molecule has 0 saturated carbocycles. The summed E-state index contributed by atoms with van der Waals surface area (Å²) in [4.78, 5) is 12.2. The summed E-state index contributed by atoms with van der Waals surface area (Å²) < 4.78 is 36.6. The first-order chi connectivity index (χ1) is 14.7. The molecule has 0 heterocycles. The van der Waals surface area contributed by atoms with E-state index in [9.17, 15) is 13.2 Å². The first-order valence-electron chi connectivity index (χ1n) is 9.54. The van der Waals surface area contributed by atoms with Gasteiger partial charge in [0.05, 0.1) is 11.9 Å². The molecule has 0 saturated heterocycles. The number of benzene rings is 3. The maximum absolute atomic E-state index is 12.2. The molecule has 0 radical (unpaired) electrons. The minimum Gasteiger partial charge on any atom is -0.484 e. The molecule has 1 amide bonds. The Kier molecular flexibility index (Phi) is 6.81. The number of sulfonamides is 1. The van der Waals surface area contributed by atoms with E-state index in [-0.39, 0.29) is 12.5 Å². The zero-order chi connectivity index (χ0) is 22.4. The van der Waals surface area contributed by atoms with Crippen LogP contribution in [-0.2, 0) is 14.8 Å². The van der Waals surface area contributed by atoms with Gasteiger partial charge in [0.1, 0.15) is 17.2 Å². The van der Waals surface area contributed by atoms with Crippen molar-refractivity contribution < 1.29 is 22.7 Å². The van der Waals surface area contributed by atoms with Crippen molar-refractivity contribution in [1.29, 1.82) is 0 Å². The molecule has 3 rings (SSSR count). The summed E-state index contributed by atoms with van der Waals surface area (Å²) in [6, 6.07) is 19.7. The molecule has 8 heteroatoms. The van der Waals surface area contributed by atoms with E-state index >= 15 is 0 Å². The van der Waals surface area contributed by atoms with Crippen molar-refractivity contribution in [2.45, 2.75) is 13.8 Å². The molecule has 3 aromatic rings. The van der Waals surface area contributed by atoms with Gasteiger partial charge in [-0.1, -0.05) is 23.8 Å². The Morgan fingerprint density at radius 2 is 1.45 bits per heavy atom. The van der Waals surface area contributed by atoms with Crippen molar-refractivity contribution in [2.75, 3.05) is 22.9 Å². The van der Waals surface area contributed by atoms with Gasteiger partial charge < -0.3 is 14.8 Å². The van der Waals surface area contributed by atoms with E-state index in [0.717, 1.165) is 23.1 Å². The lowest BCUT2D eigenvalue weighted by Gasteiger charge is -2.12. The molecule has 0 unspecified atom stereocenters. The number of ether oxygens (including phenoxy) is 2. The lowest BCUT2D eigenvalue weighted by atomic mass is 10.2. The van der Waals surface area contributed by atoms with Gasteiger partial charge in [0.25, 0.3) is 5.91 Å². The Morgan fingerprint density at radius 1 is 0.871 bits per heavy atom. The molecule has 0 spiro atoms. The second-order valence-electron chi connectivity index (χ2n) is 7.13. The molecular weight excluding hydrogens is 416 g/mol. The van der Waals surface area contributed by atoms with Gasteiger partial charge in [-0.3, -0.25) is 9.52 Å². The molecule has 0 bridgehead atoms. The summed E-state index contributed by atoms with van der Waals surface area (Å²) in [5, 5.41) is 2.69. The zero-order valence-electron chi connectivity index (χ0n) is 17.5. The number of rotatable bonds is 8. The normalized spacial score (nSPS) is 10.9.